The zero-order valence-corrected chi connectivity index (χ0v) is 14.3. The van der Waals surface area contributed by atoms with E-state index in [9.17, 15) is 4.79 Å². The Morgan fingerprint density at radius 2 is 1.83 bits per heavy atom. The van der Waals surface area contributed by atoms with Crippen LogP contribution in [0, 0.1) is 13.8 Å². The van der Waals surface area contributed by atoms with Crippen molar-refractivity contribution < 1.29 is 9.53 Å². The molecule has 0 heterocycles. The molecule has 3 nitrogen and oxygen atoms in total. The van der Waals surface area contributed by atoms with E-state index in [1.54, 1.807) is 7.11 Å². The van der Waals surface area contributed by atoms with Gasteiger partial charge in [0, 0.05) is 0 Å². The topological polar surface area (TPSA) is 38.3 Å². The van der Waals surface area contributed by atoms with Gasteiger partial charge >= 0.3 is 0 Å². The molecule has 2 aromatic carbocycles. The first-order valence-corrected chi connectivity index (χ1v) is 8.03. The minimum Gasteiger partial charge on any atom is -0.496 e. The van der Waals surface area contributed by atoms with Gasteiger partial charge in [-0.3, -0.25) is 4.79 Å². The van der Waals surface area contributed by atoms with Crippen LogP contribution in [0.15, 0.2) is 42.5 Å². The van der Waals surface area contributed by atoms with E-state index in [0.29, 0.717) is 6.42 Å². The largest absolute Gasteiger partial charge is 0.496 e. The molecule has 0 radical (unpaired) electrons. The van der Waals surface area contributed by atoms with Gasteiger partial charge in [0.25, 0.3) is 0 Å². The van der Waals surface area contributed by atoms with Gasteiger partial charge in [0.1, 0.15) is 5.75 Å². The number of hydrogen-bond acceptors (Lipinski definition) is 2. The first-order chi connectivity index (χ1) is 11.0. The maximum atomic E-state index is 12.3. The monoisotopic (exact) mass is 311 g/mol. The van der Waals surface area contributed by atoms with Crippen LogP contribution in [0.3, 0.4) is 0 Å². The molecule has 0 aromatic heterocycles. The van der Waals surface area contributed by atoms with Crippen LogP contribution in [0.25, 0.3) is 0 Å². The second-order valence-corrected chi connectivity index (χ2v) is 5.92. The van der Waals surface area contributed by atoms with Crippen LogP contribution in [0.5, 0.6) is 5.75 Å². The number of benzene rings is 2. The number of carbonyl (C=O) groups is 1. The minimum absolute atomic E-state index is 0.0435. The van der Waals surface area contributed by atoms with Crippen molar-refractivity contribution in [3.8, 4) is 5.75 Å². The molecule has 1 amide bonds. The number of ether oxygens (including phenoxy) is 1. The lowest BCUT2D eigenvalue weighted by Gasteiger charge is -2.18. The molecular formula is C20H25NO2. The highest BCUT2D eigenvalue weighted by Crippen LogP contribution is 2.20. The molecule has 122 valence electrons. The Labute approximate surface area is 138 Å². The third-order valence-corrected chi connectivity index (χ3v) is 4.05. The summed E-state index contributed by atoms with van der Waals surface area (Å²) in [5, 5.41) is 3.13. The van der Waals surface area contributed by atoms with Crippen molar-refractivity contribution in [2.45, 2.75) is 39.7 Å². The predicted octanol–water partition coefficient (Wildman–Crippen LogP) is 4.12. The number of hydrogen-bond donors (Lipinski definition) is 1. The van der Waals surface area contributed by atoms with E-state index >= 15 is 0 Å². The highest BCUT2D eigenvalue weighted by atomic mass is 16.5. The van der Waals surface area contributed by atoms with Crippen molar-refractivity contribution in [1.82, 2.24) is 5.32 Å². The van der Waals surface area contributed by atoms with Crippen molar-refractivity contribution >= 4 is 5.91 Å². The normalized spacial score (nSPS) is 11.8. The Kier molecular flexibility index (Phi) is 5.80. The average Bonchev–Trinajstić information content (AvgIpc) is 2.54. The molecular weight excluding hydrogens is 286 g/mol. The summed E-state index contributed by atoms with van der Waals surface area (Å²) in [5.41, 5.74) is 4.42. The fourth-order valence-corrected chi connectivity index (χ4v) is 2.70. The molecule has 0 unspecified atom stereocenters. The predicted molar refractivity (Wildman–Crippen MR) is 93.8 cm³/mol. The Bertz CT molecular complexity index is 662. The van der Waals surface area contributed by atoms with E-state index in [1.165, 1.54) is 5.56 Å². The molecule has 0 aliphatic heterocycles. The average molecular weight is 311 g/mol. The maximum Gasteiger partial charge on any atom is 0.224 e. The quantitative estimate of drug-likeness (QED) is 0.871. The van der Waals surface area contributed by atoms with Crippen LogP contribution in [0.2, 0.25) is 0 Å². The lowest BCUT2D eigenvalue weighted by molar-refractivity contribution is -0.121. The van der Waals surface area contributed by atoms with Gasteiger partial charge in [-0.25, -0.2) is 0 Å². The van der Waals surface area contributed by atoms with Crippen LogP contribution in [0.1, 0.15) is 41.6 Å². The first-order valence-electron chi connectivity index (χ1n) is 8.03. The molecule has 2 rings (SSSR count). The van der Waals surface area contributed by atoms with Crippen molar-refractivity contribution in [3.05, 3.63) is 64.7 Å². The highest BCUT2D eigenvalue weighted by molar-refractivity contribution is 5.79. The summed E-state index contributed by atoms with van der Waals surface area (Å²) in [6.45, 7) is 6.14. The van der Waals surface area contributed by atoms with Gasteiger partial charge in [0.05, 0.1) is 19.6 Å². The van der Waals surface area contributed by atoms with Gasteiger partial charge in [0.2, 0.25) is 5.91 Å². The van der Waals surface area contributed by atoms with Crippen molar-refractivity contribution in [1.29, 1.82) is 0 Å². The molecule has 0 aliphatic carbocycles. The van der Waals surface area contributed by atoms with Crippen LogP contribution in [0.4, 0.5) is 0 Å². The van der Waals surface area contributed by atoms with E-state index in [-0.39, 0.29) is 11.9 Å². The number of methoxy groups -OCH3 is 1. The standard InChI is InChI=1S/C20H25NO2/c1-5-18(17-9-6-14(2)7-10-17)21-20(22)13-16-8-11-19(23-4)15(3)12-16/h6-12,18H,5,13H2,1-4H3,(H,21,22)/t18-/m1/s1. The number of aryl methyl sites for hydroxylation is 2. The summed E-state index contributed by atoms with van der Waals surface area (Å²) in [4.78, 5) is 12.3. The van der Waals surface area contributed by atoms with Gasteiger partial charge in [0.15, 0.2) is 0 Å². The summed E-state index contributed by atoms with van der Waals surface area (Å²) in [6, 6.07) is 14.2. The molecule has 0 bridgehead atoms. The van der Waals surface area contributed by atoms with Gasteiger partial charge in [-0.2, -0.15) is 0 Å². The summed E-state index contributed by atoms with van der Waals surface area (Å²) >= 11 is 0. The van der Waals surface area contributed by atoms with Crippen LogP contribution >= 0.6 is 0 Å². The minimum atomic E-state index is 0.0435. The van der Waals surface area contributed by atoms with Crippen LogP contribution in [-0.2, 0) is 11.2 Å². The van der Waals surface area contributed by atoms with Gasteiger partial charge in [-0.1, -0.05) is 48.9 Å². The zero-order valence-electron chi connectivity index (χ0n) is 14.3. The molecule has 0 saturated carbocycles. The summed E-state index contributed by atoms with van der Waals surface area (Å²) < 4.78 is 5.25. The molecule has 0 aliphatic rings. The van der Waals surface area contributed by atoms with Crippen molar-refractivity contribution in [2.24, 2.45) is 0 Å². The van der Waals surface area contributed by atoms with Crippen LogP contribution < -0.4 is 10.1 Å². The highest BCUT2D eigenvalue weighted by Gasteiger charge is 2.13. The molecule has 0 fully saturated rings. The van der Waals surface area contributed by atoms with Crippen molar-refractivity contribution in [3.63, 3.8) is 0 Å². The molecule has 1 N–H and O–H groups in total. The Hall–Kier alpha value is -2.29. The second-order valence-electron chi connectivity index (χ2n) is 5.92. The molecule has 0 spiro atoms. The SMILES string of the molecule is CC[C@@H](NC(=O)Cc1ccc(OC)c(C)c1)c1ccc(C)cc1. The molecule has 23 heavy (non-hydrogen) atoms. The first kappa shape index (κ1) is 17.1. The number of carbonyl (C=O) groups excluding carboxylic acids is 1. The molecule has 0 saturated heterocycles. The van der Waals surface area contributed by atoms with Crippen molar-refractivity contribution in [2.75, 3.05) is 7.11 Å². The third-order valence-electron chi connectivity index (χ3n) is 4.05. The summed E-state index contributed by atoms with van der Waals surface area (Å²) in [5.74, 6) is 0.891. The zero-order chi connectivity index (χ0) is 16.8. The smallest absolute Gasteiger partial charge is 0.224 e. The number of amides is 1. The lowest BCUT2D eigenvalue weighted by atomic mass is 10.0. The fourth-order valence-electron chi connectivity index (χ4n) is 2.70. The van der Waals surface area contributed by atoms with E-state index in [0.717, 1.165) is 28.9 Å². The van der Waals surface area contributed by atoms with Crippen LogP contribution in [-0.4, -0.2) is 13.0 Å². The van der Waals surface area contributed by atoms with E-state index < -0.39 is 0 Å². The summed E-state index contributed by atoms with van der Waals surface area (Å²) in [6.07, 6.45) is 1.25. The number of nitrogens with one attached hydrogen (secondary N) is 1. The van der Waals surface area contributed by atoms with Gasteiger partial charge < -0.3 is 10.1 Å². The third kappa shape index (κ3) is 4.59. The van der Waals surface area contributed by atoms with E-state index in [1.807, 2.05) is 25.1 Å². The second kappa shape index (κ2) is 7.82. The van der Waals surface area contributed by atoms with E-state index in [4.69, 9.17) is 4.74 Å². The van der Waals surface area contributed by atoms with Gasteiger partial charge in [-0.05, 0) is 43.0 Å². The Balaban J connectivity index is 2.02. The molecule has 2 aromatic rings. The lowest BCUT2D eigenvalue weighted by Crippen LogP contribution is -2.29. The Morgan fingerprint density at radius 1 is 1.13 bits per heavy atom. The fraction of sp³-hybridized carbons (Fsp3) is 0.350. The molecule has 1 atom stereocenters. The van der Waals surface area contributed by atoms with E-state index in [2.05, 4.69) is 43.4 Å². The Morgan fingerprint density at radius 3 is 2.39 bits per heavy atom. The molecule has 3 heteroatoms. The maximum absolute atomic E-state index is 12.3. The summed E-state index contributed by atoms with van der Waals surface area (Å²) in [7, 11) is 1.65. The number of rotatable bonds is 6. The van der Waals surface area contributed by atoms with Gasteiger partial charge in [-0.15, -0.1) is 0 Å².